The number of nitrogens with one attached hydrogen (secondary N) is 1. The molecule has 0 radical (unpaired) electrons. The highest BCUT2D eigenvalue weighted by atomic mass is 16.3. The van der Waals surface area contributed by atoms with E-state index in [1.54, 1.807) is 0 Å². The summed E-state index contributed by atoms with van der Waals surface area (Å²) in [5, 5.41) is 13.2. The first kappa shape index (κ1) is 12.3. The van der Waals surface area contributed by atoms with E-state index in [2.05, 4.69) is 24.1 Å². The number of rotatable bonds is 5. The van der Waals surface area contributed by atoms with E-state index in [1.165, 1.54) is 25.8 Å². The van der Waals surface area contributed by atoms with E-state index >= 15 is 0 Å². The molecule has 2 aliphatic heterocycles. The summed E-state index contributed by atoms with van der Waals surface area (Å²) in [6.07, 6.45) is 5.84. The van der Waals surface area contributed by atoms with Crippen LogP contribution < -0.4 is 5.32 Å². The first-order chi connectivity index (χ1) is 7.66. The maximum atomic E-state index is 9.71. The van der Waals surface area contributed by atoms with E-state index in [4.69, 9.17) is 0 Å². The van der Waals surface area contributed by atoms with E-state index in [0.717, 1.165) is 19.4 Å². The van der Waals surface area contributed by atoms with Crippen LogP contribution in [0, 0.1) is 0 Å². The molecule has 3 nitrogen and oxygen atoms in total. The van der Waals surface area contributed by atoms with Crippen molar-refractivity contribution >= 4 is 0 Å². The Morgan fingerprint density at radius 2 is 1.88 bits per heavy atom. The van der Waals surface area contributed by atoms with Gasteiger partial charge in [0.15, 0.2) is 0 Å². The van der Waals surface area contributed by atoms with Crippen LogP contribution in [0.5, 0.6) is 0 Å². The lowest BCUT2D eigenvalue weighted by Gasteiger charge is -2.37. The molecule has 2 aliphatic rings. The van der Waals surface area contributed by atoms with Crippen molar-refractivity contribution in [1.82, 2.24) is 10.2 Å². The molecule has 2 rings (SSSR count). The van der Waals surface area contributed by atoms with Gasteiger partial charge in [0.25, 0.3) is 0 Å². The van der Waals surface area contributed by atoms with E-state index in [0.29, 0.717) is 18.1 Å². The molecule has 2 N–H and O–H groups in total. The summed E-state index contributed by atoms with van der Waals surface area (Å²) in [6.45, 7) is 6.72. The van der Waals surface area contributed by atoms with Crippen molar-refractivity contribution in [3.05, 3.63) is 0 Å². The molecule has 0 aromatic carbocycles. The SMILES string of the molecule is CC(C)NCCCN1C2CCC1CC(O)C2. The molecule has 2 unspecified atom stereocenters. The normalized spacial score (nSPS) is 34.9. The van der Waals surface area contributed by atoms with E-state index in [-0.39, 0.29) is 6.10 Å². The molecule has 2 fully saturated rings. The number of aliphatic hydroxyl groups excluding tert-OH is 1. The first-order valence-corrected chi connectivity index (χ1v) is 6.84. The Balaban J connectivity index is 1.70. The van der Waals surface area contributed by atoms with Crippen LogP contribution in [0.1, 0.15) is 46.0 Å². The fourth-order valence-corrected chi connectivity index (χ4v) is 3.26. The minimum Gasteiger partial charge on any atom is -0.393 e. The Kier molecular flexibility index (Phi) is 4.22. The van der Waals surface area contributed by atoms with Crippen molar-refractivity contribution in [2.75, 3.05) is 13.1 Å². The Morgan fingerprint density at radius 1 is 1.25 bits per heavy atom. The van der Waals surface area contributed by atoms with Gasteiger partial charge < -0.3 is 10.4 Å². The van der Waals surface area contributed by atoms with Gasteiger partial charge in [0.1, 0.15) is 0 Å². The highest BCUT2D eigenvalue weighted by Crippen LogP contribution is 2.35. The van der Waals surface area contributed by atoms with Crippen molar-refractivity contribution in [2.45, 2.75) is 70.2 Å². The fraction of sp³-hybridized carbons (Fsp3) is 1.00. The summed E-state index contributed by atoms with van der Waals surface area (Å²) >= 11 is 0. The van der Waals surface area contributed by atoms with Gasteiger partial charge in [0.2, 0.25) is 0 Å². The number of hydrogen-bond acceptors (Lipinski definition) is 3. The van der Waals surface area contributed by atoms with Crippen LogP contribution >= 0.6 is 0 Å². The second-order valence-electron chi connectivity index (χ2n) is 5.71. The number of piperidine rings is 1. The van der Waals surface area contributed by atoms with Crippen LogP contribution in [0.15, 0.2) is 0 Å². The third kappa shape index (κ3) is 2.96. The molecule has 2 saturated heterocycles. The molecular formula is C13H26N2O. The molecule has 2 heterocycles. The molecule has 2 atom stereocenters. The van der Waals surface area contributed by atoms with Crippen LogP contribution in [0.3, 0.4) is 0 Å². The molecule has 0 aliphatic carbocycles. The molecule has 3 heteroatoms. The molecule has 0 aromatic heterocycles. The van der Waals surface area contributed by atoms with Gasteiger partial charge >= 0.3 is 0 Å². The van der Waals surface area contributed by atoms with Crippen LogP contribution in [-0.2, 0) is 0 Å². The predicted octanol–water partition coefficient (Wildman–Crippen LogP) is 1.36. The van der Waals surface area contributed by atoms with Crippen molar-refractivity contribution in [2.24, 2.45) is 0 Å². The summed E-state index contributed by atoms with van der Waals surface area (Å²) < 4.78 is 0. The summed E-state index contributed by atoms with van der Waals surface area (Å²) in [5.41, 5.74) is 0. The molecule has 0 saturated carbocycles. The quantitative estimate of drug-likeness (QED) is 0.695. The first-order valence-electron chi connectivity index (χ1n) is 6.84. The zero-order valence-corrected chi connectivity index (χ0v) is 10.7. The molecule has 0 spiro atoms. The third-order valence-corrected chi connectivity index (χ3v) is 4.01. The monoisotopic (exact) mass is 226 g/mol. The highest BCUT2D eigenvalue weighted by molar-refractivity contribution is 4.94. The van der Waals surface area contributed by atoms with Crippen LogP contribution in [0.25, 0.3) is 0 Å². The molecule has 0 amide bonds. The number of aliphatic hydroxyl groups is 1. The Bertz CT molecular complexity index is 206. The highest BCUT2D eigenvalue weighted by Gasteiger charge is 2.39. The van der Waals surface area contributed by atoms with Crippen molar-refractivity contribution in [3.8, 4) is 0 Å². The van der Waals surface area contributed by atoms with Gasteiger partial charge in [-0.3, -0.25) is 4.90 Å². The van der Waals surface area contributed by atoms with E-state index in [9.17, 15) is 5.11 Å². The molecule has 94 valence electrons. The molecule has 0 aromatic rings. The van der Waals surface area contributed by atoms with Crippen LogP contribution in [0.2, 0.25) is 0 Å². The lowest BCUT2D eigenvalue weighted by Crippen LogP contribution is -2.45. The second kappa shape index (κ2) is 5.48. The fourth-order valence-electron chi connectivity index (χ4n) is 3.26. The van der Waals surface area contributed by atoms with Gasteiger partial charge in [-0.2, -0.15) is 0 Å². The van der Waals surface area contributed by atoms with Gasteiger partial charge in [-0.25, -0.2) is 0 Å². The van der Waals surface area contributed by atoms with E-state index in [1.807, 2.05) is 0 Å². The third-order valence-electron chi connectivity index (χ3n) is 4.01. The van der Waals surface area contributed by atoms with Gasteiger partial charge in [-0.15, -0.1) is 0 Å². The van der Waals surface area contributed by atoms with Crippen LogP contribution in [0.4, 0.5) is 0 Å². The summed E-state index contributed by atoms with van der Waals surface area (Å²) in [4.78, 5) is 2.65. The molecule has 16 heavy (non-hydrogen) atoms. The van der Waals surface area contributed by atoms with Crippen molar-refractivity contribution in [3.63, 3.8) is 0 Å². The molecular weight excluding hydrogens is 200 g/mol. The average molecular weight is 226 g/mol. The number of fused-ring (bicyclic) bond motifs is 2. The van der Waals surface area contributed by atoms with Gasteiger partial charge in [-0.05, 0) is 45.2 Å². The maximum absolute atomic E-state index is 9.71. The van der Waals surface area contributed by atoms with Gasteiger partial charge in [0, 0.05) is 18.1 Å². The van der Waals surface area contributed by atoms with Gasteiger partial charge in [-0.1, -0.05) is 13.8 Å². The Morgan fingerprint density at radius 3 is 2.44 bits per heavy atom. The van der Waals surface area contributed by atoms with Crippen LogP contribution in [-0.4, -0.2) is 47.3 Å². The Hall–Kier alpha value is -0.120. The lowest BCUT2D eigenvalue weighted by atomic mass is 10.00. The molecule has 2 bridgehead atoms. The van der Waals surface area contributed by atoms with E-state index < -0.39 is 0 Å². The standard InChI is InChI=1S/C13H26N2O/c1-10(2)14-6-3-7-15-11-4-5-12(15)9-13(16)8-11/h10-14,16H,3-9H2,1-2H3. The number of nitrogens with zero attached hydrogens (tertiary/aromatic N) is 1. The van der Waals surface area contributed by atoms with Gasteiger partial charge in [0.05, 0.1) is 6.10 Å². The average Bonchev–Trinajstić information content (AvgIpc) is 2.45. The topological polar surface area (TPSA) is 35.5 Å². The second-order valence-corrected chi connectivity index (χ2v) is 5.71. The smallest absolute Gasteiger partial charge is 0.0570 e. The van der Waals surface area contributed by atoms with Crippen molar-refractivity contribution < 1.29 is 5.11 Å². The largest absolute Gasteiger partial charge is 0.393 e. The number of hydrogen-bond donors (Lipinski definition) is 2. The zero-order chi connectivity index (χ0) is 11.5. The zero-order valence-electron chi connectivity index (χ0n) is 10.7. The summed E-state index contributed by atoms with van der Waals surface area (Å²) in [6, 6.07) is 1.94. The maximum Gasteiger partial charge on any atom is 0.0570 e. The summed E-state index contributed by atoms with van der Waals surface area (Å²) in [5.74, 6) is 0. The predicted molar refractivity (Wildman–Crippen MR) is 66.5 cm³/mol. The minimum atomic E-state index is -0.0254. The lowest BCUT2D eigenvalue weighted by molar-refractivity contribution is 0.0350. The van der Waals surface area contributed by atoms with Crippen molar-refractivity contribution in [1.29, 1.82) is 0 Å². The Labute approximate surface area is 99.2 Å². The summed E-state index contributed by atoms with van der Waals surface area (Å²) in [7, 11) is 0. The minimum absolute atomic E-state index is 0.0254.